The molecule has 6 nitrogen and oxygen atoms in total. The summed E-state index contributed by atoms with van der Waals surface area (Å²) in [5, 5.41) is 16.4. The first-order valence-corrected chi connectivity index (χ1v) is 9.54. The Morgan fingerprint density at radius 2 is 1.69 bits per heavy atom. The molecule has 0 bridgehead atoms. The van der Waals surface area contributed by atoms with Crippen LogP contribution in [-0.2, 0) is 11.2 Å². The Hall–Kier alpha value is -2.09. The van der Waals surface area contributed by atoms with Gasteiger partial charge in [-0.2, -0.15) is 4.68 Å². The molecule has 9 heteroatoms. The normalized spacial score (nSPS) is 10.7. The number of carbonyl (C=O) groups excluding carboxylic acids is 1. The minimum absolute atomic E-state index is 0.0744. The van der Waals surface area contributed by atoms with Crippen LogP contribution >= 0.6 is 35.0 Å². The molecule has 2 aromatic carbocycles. The van der Waals surface area contributed by atoms with Crippen LogP contribution in [0.25, 0.3) is 5.69 Å². The molecule has 0 unspecified atom stereocenters. The first-order valence-electron chi connectivity index (χ1n) is 7.80. The van der Waals surface area contributed by atoms with Crippen LogP contribution in [-0.4, -0.2) is 38.4 Å². The molecule has 0 spiro atoms. The molecule has 1 aromatic heterocycles. The lowest BCUT2D eigenvalue weighted by Gasteiger charge is -2.06. The van der Waals surface area contributed by atoms with Crippen LogP contribution in [0.3, 0.4) is 0 Å². The van der Waals surface area contributed by atoms with Gasteiger partial charge < -0.3 is 5.32 Å². The number of halogens is 2. The number of amides is 1. The molecular formula is C17H15Cl2N5OS. The predicted octanol–water partition coefficient (Wildman–Crippen LogP) is 3.42. The van der Waals surface area contributed by atoms with E-state index in [2.05, 4.69) is 20.8 Å². The fourth-order valence-electron chi connectivity index (χ4n) is 2.19. The highest BCUT2D eigenvalue weighted by Crippen LogP contribution is 2.19. The van der Waals surface area contributed by atoms with Crippen LogP contribution in [0.2, 0.25) is 10.0 Å². The Morgan fingerprint density at radius 1 is 1.04 bits per heavy atom. The molecule has 0 aliphatic rings. The zero-order chi connectivity index (χ0) is 18.4. The molecule has 0 fully saturated rings. The lowest BCUT2D eigenvalue weighted by atomic mass is 10.1. The molecule has 1 N–H and O–H groups in total. The Labute approximate surface area is 164 Å². The molecular weight excluding hydrogens is 393 g/mol. The number of nitrogens with one attached hydrogen (secondary N) is 1. The van der Waals surface area contributed by atoms with E-state index in [-0.39, 0.29) is 11.7 Å². The standard InChI is InChI=1S/C17H15Cl2N5OS/c18-13-3-1-12(2-4-13)9-10-20-16(25)11-26-17-21-22-23-24(17)15-7-5-14(19)6-8-15/h1-8H,9-11H2,(H,20,25). The second-order valence-corrected chi connectivity index (χ2v) is 7.18. The van der Waals surface area contributed by atoms with Gasteiger partial charge >= 0.3 is 0 Å². The maximum atomic E-state index is 12.0. The van der Waals surface area contributed by atoms with Crippen molar-refractivity contribution >= 4 is 40.9 Å². The van der Waals surface area contributed by atoms with E-state index >= 15 is 0 Å². The lowest BCUT2D eigenvalue weighted by Crippen LogP contribution is -2.27. The maximum Gasteiger partial charge on any atom is 0.230 e. The number of aromatic nitrogens is 4. The minimum atomic E-state index is -0.0744. The van der Waals surface area contributed by atoms with Gasteiger partial charge in [-0.3, -0.25) is 4.79 Å². The summed E-state index contributed by atoms with van der Waals surface area (Å²) >= 11 is 13.0. The highest BCUT2D eigenvalue weighted by Gasteiger charge is 2.11. The summed E-state index contributed by atoms with van der Waals surface area (Å²) in [5.41, 5.74) is 1.90. The van der Waals surface area contributed by atoms with Crippen molar-refractivity contribution in [2.75, 3.05) is 12.3 Å². The molecule has 134 valence electrons. The van der Waals surface area contributed by atoms with Crippen molar-refractivity contribution < 1.29 is 4.79 Å². The lowest BCUT2D eigenvalue weighted by molar-refractivity contribution is -0.118. The Balaban J connectivity index is 1.48. The van der Waals surface area contributed by atoms with Gasteiger partial charge in [-0.1, -0.05) is 47.1 Å². The molecule has 1 amide bonds. The average Bonchev–Trinajstić information content (AvgIpc) is 3.11. The fraction of sp³-hybridized carbons (Fsp3) is 0.176. The molecule has 0 saturated carbocycles. The van der Waals surface area contributed by atoms with Crippen LogP contribution in [0.15, 0.2) is 53.7 Å². The van der Waals surface area contributed by atoms with Crippen molar-refractivity contribution in [3.8, 4) is 5.69 Å². The third-order valence-electron chi connectivity index (χ3n) is 3.49. The molecule has 1 heterocycles. The summed E-state index contributed by atoms with van der Waals surface area (Å²) in [7, 11) is 0. The van der Waals surface area contributed by atoms with E-state index in [1.54, 1.807) is 16.8 Å². The predicted molar refractivity (Wildman–Crippen MR) is 103 cm³/mol. The molecule has 0 aliphatic carbocycles. The van der Waals surface area contributed by atoms with Gasteiger partial charge in [-0.15, -0.1) is 5.10 Å². The van der Waals surface area contributed by atoms with Gasteiger partial charge in [0, 0.05) is 16.6 Å². The zero-order valence-corrected chi connectivity index (χ0v) is 15.9. The van der Waals surface area contributed by atoms with Gasteiger partial charge in [0.25, 0.3) is 0 Å². The third-order valence-corrected chi connectivity index (χ3v) is 4.92. The third kappa shape index (κ3) is 5.20. The van der Waals surface area contributed by atoms with Crippen molar-refractivity contribution in [1.82, 2.24) is 25.5 Å². The van der Waals surface area contributed by atoms with Gasteiger partial charge in [-0.05, 0) is 58.8 Å². The second kappa shape index (κ2) is 9.02. The second-order valence-electron chi connectivity index (χ2n) is 5.36. The van der Waals surface area contributed by atoms with E-state index < -0.39 is 0 Å². The average molecular weight is 408 g/mol. The van der Waals surface area contributed by atoms with Gasteiger partial charge in [0.05, 0.1) is 11.4 Å². The van der Waals surface area contributed by atoms with E-state index in [9.17, 15) is 4.79 Å². The number of carbonyl (C=O) groups is 1. The highest BCUT2D eigenvalue weighted by atomic mass is 35.5. The summed E-state index contributed by atoms with van der Waals surface area (Å²) in [6, 6.07) is 14.7. The van der Waals surface area contributed by atoms with Gasteiger partial charge in [0.2, 0.25) is 11.1 Å². The van der Waals surface area contributed by atoms with Crippen molar-refractivity contribution in [2.45, 2.75) is 11.6 Å². The molecule has 3 rings (SSSR count). The van der Waals surface area contributed by atoms with Crippen LogP contribution < -0.4 is 5.32 Å². The minimum Gasteiger partial charge on any atom is -0.355 e. The van der Waals surface area contributed by atoms with Crippen molar-refractivity contribution in [1.29, 1.82) is 0 Å². The maximum absolute atomic E-state index is 12.0. The molecule has 0 radical (unpaired) electrons. The van der Waals surface area contributed by atoms with Crippen LogP contribution in [0.5, 0.6) is 0 Å². The summed E-state index contributed by atoms with van der Waals surface area (Å²) < 4.78 is 1.57. The fourth-order valence-corrected chi connectivity index (χ4v) is 3.16. The highest BCUT2D eigenvalue weighted by molar-refractivity contribution is 7.99. The number of nitrogens with zero attached hydrogens (tertiary/aromatic N) is 4. The zero-order valence-electron chi connectivity index (χ0n) is 13.6. The number of hydrogen-bond acceptors (Lipinski definition) is 5. The SMILES string of the molecule is O=C(CSc1nnnn1-c1ccc(Cl)cc1)NCCc1ccc(Cl)cc1. The molecule has 0 saturated heterocycles. The van der Waals surface area contributed by atoms with E-state index in [0.717, 1.165) is 17.7 Å². The summed E-state index contributed by atoms with van der Waals surface area (Å²) in [6.45, 7) is 0.559. The van der Waals surface area contributed by atoms with Gasteiger partial charge in [0.15, 0.2) is 0 Å². The smallest absolute Gasteiger partial charge is 0.230 e. The van der Waals surface area contributed by atoms with Gasteiger partial charge in [0.1, 0.15) is 0 Å². The summed E-state index contributed by atoms with van der Waals surface area (Å²) in [5.74, 6) is 0.156. The number of hydrogen-bond donors (Lipinski definition) is 1. The summed E-state index contributed by atoms with van der Waals surface area (Å²) in [6.07, 6.45) is 0.746. The Kier molecular flexibility index (Phi) is 6.49. The van der Waals surface area contributed by atoms with Crippen molar-refractivity contribution in [2.24, 2.45) is 0 Å². The van der Waals surface area contributed by atoms with E-state index in [1.807, 2.05) is 36.4 Å². The Morgan fingerprint density at radius 3 is 2.38 bits per heavy atom. The number of thioether (sulfide) groups is 1. The number of benzene rings is 2. The van der Waals surface area contributed by atoms with Crippen LogP contribution in [0.4, 0.5) is 0 Å². The van der Waals surface area contributed by atoms with Crippen LogP contribution in [0, 0.1) is 0 Å². The molecule has 3 aromatic rings. The van der Waals surface area contributed by atoms with Crippen molar-refractivity contribution in [3.63, 3.8) is 0 Å². The molecule has 0 atom stereocenters. The molecule has 0 aliphatic heterocycles. The van der Waals surface area contributed by atoms with E-state index in [0.29, 0.717) is 21.7 Å². The van der Waals surface area contributed by atoms with Crippen molar-refractivity contribution in [3.05, 3.63) is 64.1 Å². The van der Waals surface area contributed by atoms with E-state index in [1.165, 1.54) is 11.8 Å². The summed E-state index contributed by atoms with van der Waals surface area (Å²) in [4.78, 5) is 12.0. The van der Waals surface area contributed by atoms with Crippen LogP contribution in [0.1, 0.15) is 5.56 Å². The first-order chi connectivity index (χ1) is 12.6. The topological polar surface area (TPSA) is 72.7 Å². The Bertz CT molecular complexity index is 868. The largest absolute Gasteiger partial charge is 0.355 e. The van der Waals surface area contributed by atoms with E-state index in [4.69, 9.17) is 23.2 Å². The molecule has 26 heavy (non-hydrogen) atoms. The number of tetrazole rings is 1. The quantitative estimate of drug-likeness (QED) is 0.607. The monoisotopic (exact) mass is 407 g/mol. The van der Waals surface area contributed by atoms with Gasteiger partial charge in [-0.25, -0.2) is 0 Å². The first kappa shape index (κ1) is 18.7. The number of rotatable bonds is 7.